The number of nitrogens with zero attached hydrogens (tertiary/aromatic N) is 2. The molecule has 0 aliphatic rings. The summed E-state index contributed by atoms with van der Waals surface area (Å²) in [5, 5.41) is 3.49. The standard InChI is InChI=1S/C20H23N3O2S/c1-5-6-9-23-11-21-19-16(20(23)25)14(4)17(26-19)18(24)22-15-8-7-12(2)13(3)10-15/h7-8,10-11H,5-6,9H2,1-4H3,(H,22,24). The third-order valence-corrected chi connectivity index (χ3v) is 5.84. The van der Waals surface area contributed by atoms with Crippen LogP contribution >= 0.6 is 11.3 Å². The second-order valence-corrected chi connectivity index (χ2v) is 7.59. The molecule has 0 unspecified atom stereocenters. The van der Waals surface area contributed by atoms with Crippen LogP contribution < -0.4 is 10.9 Å². The molecule has 0 saturated carbocycles. The Kier molecular flexibility index (Phi) is 5.23. The maximum Gasteiger partial charge on any atom is 0.266 e. The van der Waals surface area contributed by atoms with E-state index >= 15 is 0 Å². The van der Waals surface area contributed by atoms with Gasteiger partial charge >= 0.3 is 0 Å². The molecule has 5 nitrogen and oxygen atoms in total. The lowest BCUT2D eigenvalue weighted by Crippen LogP contribution is -2.20. The number of hydrogen-bond acceptors (Lipinski definition) is 4. The third kappa shape index (κ3) is 3.42. The fourth-order valence-electron chi connectivity index (χ4n) is 2.87. The van der Waals surface area contributed by atoms with Gasteiger partial charge in [-0.15, -0.1) is 11.3 Å². The van der Waals surface area contributed by atoms with Crippen LogP contribution in [0.2, 0.25) is 0 Å². The minimum atomic E-state index is -0.201. The molecule has 26 heavy (non-hydrogen) atoms. The van der Waals surface area contributed by atoms with Gasteiger partial charge in [0.2, 0.25) is 0 Å². The summed E-state index contributed by atoms with van der Waals surface area (Å²) in [4.78, 5) is 31.0. The first-order chi connectivity index (χ1) is 12.4. The van der Waals surface area contributed by atoms with Gasteiger partial charge in [0.1, 0.15) is 4.83 Å². The predicted molar refractivity (Wildman–Crippen MR) is 107 cm³/mol. The Balaban J connectivity index is 1.95. The van der Waals surface area contributed by atoms with Gasteiger partial charge in [-0.25, -0.2) is 4.98 Å². The van der Waals surface area contributed by atoms with E-state index in [4.69, 9.17) is 0 Å². The summed E-state index contributed by atoms with van der Waals surface area (Å²) >= 11 is 1.27. The fourth-order valence-corrected chi connectivity index (χ4v) is 3.91. The molecule has 2 heterocycles. The number of aromatic nitrogens is 2. The van der Waals surface area contributed by atoms with E-state index in [2.05, 4.69) is 17.2 Å². The molecule has 1 N–H and O–H groups in total. The fraction of sp³-hybridized carbons (Fsp3) is 0.350. The van der Waals surface area contributed by atoms with Gasteiger partial charge in [0.15, 0.2) is 0 Å². The molecule has 3 rings (SSSR count). The van der Waals surface area contributed by atoms with Crippen LogP contribution in [-0.2, 0) is 6.54 Å². The second-order valence-electron chi connectivity index (χ2n) is 6.59. The monoisotopic (exact) mass is 369 g/mol. The summed E-state index contributed by atoms with van der Waals surface area (Å²) in [6, 6.07) is 5.82. The molecular formula is C20H23N3O2S. The molecular weight excluding hydrogens is 346 g/mol. The highest BCUT2D eigenvalue weighted by molar-refractivity contribution is 7.20. The van der Waals surface area contributed by atoms with Gasteiger partial charge in [0.25, 0.3) is 11.5 Å². The number of nitrogens with one attached hydrogen (secondary N) is 1. The predicted octanol–water partition coefficient (Wildman–Crippen LogP) is 4.44. The SMILES string of the molecule is CCCCn1cnc2sc(C(=O)Nc3ccc(C)c(C)c3)c(C)c2c1=O. The molecule has 1 aromatic carbocycles. The lowest BCUT2D eigenvalue weighted by Gasteiger charge is -2.07. The van der Waals surface area contributed by atoms with Gasteiger partial charge in [0.05, 0.1) is 16.6 Å². The largest absolute Gasteiger partial charge is 0.321 e. The zero-order valence-electron chi connectivity index (χ0n) is 15.5. The Labute approximate surface area is 156 Å². The van der Waals surface area contributed by atoms with Crippen LogP contribution in [0.3, 0.4) is 0 Å². The minimum Gasteiger partial charge on any atom is -0.321 e. The molecule has 3 aromatic rings. The van der Waals surface area contributed by atoms with Crippen molar-refractivity contribution in [3.63, 3.8) is 0 Å². The molecule has 136 valence electrons. The number of anilines is 1. The Morgan fingerprint density at radius 2 is 2.00 bits per heavy atom. The van der Waals surface area contributed by atoms with Crippen LogP contribution in [0.5, 0.6) is 0 Å². The summed E-state index contributed by atoms with van der Waals surface area (Å²) in [5.74, 6) is -0.201. The molecule has 0 fully saturated rings. The number of thiophene rings is 1. The van der Waals surface area contributed by atoms with E-state index in [0.717, 1.165) is 24.1 Å². The van der Waals surface area contributed by atoms with Crippen molar-refractivity contribution >= 4 is 33.1 Å². The summed E-state index contributed by atoms with van der Waals surface area (Å²) in [7, 11) is 0. The Bertz CT molecular complexity index is 1030. The molecule has 1 amide bonds. The molecule has 0 radical (unpaired) electrons. The van der Waals surface area contributed by atoms with Gasteiger partial charge in [-0.3, -0.25) is 14.2 Å². The van der Waals surface area contributed by atoms with Crippen LogP contribution in [-0.4, -0.2) is 15.5 Å². The zero-order chi connectivity index (χ0) is 18.8. The van der Waals surface area contributed by atoms with Crippen LogP contribution in [0.4, 0.5) is 5.69 Å². The van der Waals surface area contributed by atoms with Crippen LogP contribution in [0.15, 0.2) is 29.3 Å². The van der Waals surface area contributed by atoms with E-state index < -0.39 is 0 Å². The second kappa shape index (κ2) is 7.41. The number of unbranched alkanes of at least 4 members (excludes halogenated alkanes) is 1. The molecule has 0 saturated heterocycles. The number of aryl methyl sites for hydroxylation is 4. The highest BCUT2D eigenvalue weighted by Gasteiger charge is 2.19. The highest BCUT2D eigenvalue weighted by atomic mass is 32.1. The van der Waals surface area contributed by atoms with E-state index in [1.54, 1.807) is 10.9 Å². The van der Waals surface area contributed by atoms with Crippen molar-refractivity contribution in [2.24, 2.45) is 0 Å². The van der Waals surface area contributed by atoms with E-state index in [-0.39, 0.29) is 11.5 Å². The summed E-state index contributed by atoms with van der Waals surface area (Å²) < 4.78 is 1.64. The van der Waals surface area contributed by atoms with Crippen LogP contribution in [0.1, 0.15) is 46.1 Å². The number of carbonyl (C=O) groups is 1. The number of rotatable bonds is 5. The van der Waals surface area contributed by atoms with E-state index in [0.29, 0.717) is 27.2 Å². The van der Waals surface area contributed by atoms with Crippen molar-refractivity contribution in [3.05, 3.63) is 56.4 Å². The summed E-state index contributed by atoms with van der Waals surface area (Å²) in [5.41, 5.74) is 3.69. The highest BCUT2D eigenvalue weighted by Crippen LogP contribution is 2.28. The first-order valence-electron chi connectivity index (χ1n) is 8.79. The maximum absolute atomic E-state index is 12.7. The minimum absolute atomic E-state index is 0.0672. The number of hydrogen-bond donors (Lipinski definition) is 1. The molecule has 0 atom stereocenters. The number of carbonyl (C=O) groups excluding carboxylic acids is 1. The summed E-state index contributed by atoms with van der Waals surface area (Å²) in [6.45, 7) is 8.60. The van der Waals surface area contributed by atoms with Gasteiger partial charge < -0.3 is 5.32 Å². The third-order valence-electron chi connectivity index (χ3n) is 4.64. The van der Waals surface area contributed by atoms with Crippen molar-refractivity contribution in [2.75, 3.05) is 5.32 Å². The molecule has 0 aliphatic carbocycles. The quantitative estimate of drug-likeness (QED) is 0.723. The average molecular weight is 369 g/mol. The lowest BCUT2D eigenvalue weighted by molar-refractivity contribution is 0.103. The first-order valence-corrected chi connectivity index (χ1v) is 9.61. The van der Waals surface area contributed by atoms with Crippen LogP contribution in [0.25, 0.3) is 10.2 Å². The van der Waals surface area contributed by atoms with E-state index in [1.807, 2.05) is 39.0 Å². The van der Waals surface area contributed by atoms with Gasteiger partial charge in [0, 0.05) is 12.2 Å². The Morgan fingerprint density at radius 3 is 2.69 bits per heavy atom. The summed E-state index contributed by atoms with van der Waals surface area (Å²) in [6.07, 6.45) is 3.52. The van der Waals surface area contributed by atoms with Crippen molar-refractivity contribution < 1.29 is 4.79 Å². The topological polar surface area (TPSA) is 64.0 Å². The molecule has 6 heteroatoms. The van der Waals surface area contributed by atoms with E-state index in [9.17, 15) is 9.59 Å². The Hall–Kier alpha value is -2.47. The van der Waals surface area contributed by atoms with Gasteiger partial charge in [-0.1, -0.05) is 19.4 Å². The number of fused-ring (bicyclic) bond motifs is 1. The van der Waals surface area contributed by atoms with Crippen molar-refractivity contribution in [1.82, 2.24) is 9.55 Å². The van der Waals surface area contributed by atoms with Crippen molar-refractivity contribution in [2.45, 2.75) is 47.1 Å². The molecule has 0 spiro atoms. The Morgan fingerprint density at radius 1 is 1.23 bits per heavy atom. The van der Waals surface area contributed by atoms with Crippen LogP contribution in [0, 0.1) is 20.8 Å². The number of amides is 1. The average Bonchev–Trinajstić information content (AvgIpc) is 2.95. The normalized spacial score (nSPS) is 11.1. The van der Waals surface area contributed by atoms with Gasteiger partial charge in [-0.2, -0.15) is 0 Å². The first kappa shape index (κ1) is 18.3. The van der Waals surface area contributed by atoms with Crippen molar-refractivity contribution in [3.8, 4) is 0 Å². The molecule has 0 bridgehead atoms. The molecule has 0 aliphatic heterocycles. The smallest absolute Gasteiger partial charge is 0.266 e. The van der Waals surface area contributed by atoms with Gasteiger partial charge in [-0.05, 0) is 56.0 Å². The van der Waals surface area contributed by atoms with Crippen molar-refractivity contribution in [1.29, 1.82) is 0 Å². The maximum atomic E-state index is 12.7. The van der Waals surface area contributed by atoms with E-state index in [1.165, 1.54) is 16.9 Å². The molecule has 2 aromatic heterocycles. The zero-order valence-corrected chi connectivity index (χ0v) is 16.4. The lowest BCUT2D eigenvalue weighted by atomic mass is 10.1. The number of benzene rings is 1.